The molecule has 0 aliphatic carbocycles. The lowest BCUT2D eigenvalue weighted by atomic mass is 10.2. The van der Waals surface area contributed by atoms with Crippen molar-refractivity contribution in [2.24, 2.45) is 4.40 Å². The highest BCUT2D eigenvalue weighted by Gasteiger charge is 2.22. The van der Waals surface area contributed by atoms with Gasteiger partial charge in [0, 0.05) is 0 Å². The number of carbonyl (C=O) groups is 2. The molecule has 0 aliphatic heterocycles. The van der Waals surface area contributed by atoms with Crippen molar-refractivity contribution in [2.45, 2.75) is 52.7 Å². The van der Waals surface area contributed by atoms with Gasteiger partial charge in [-0.15, -0.1) is 4.40 Å². The lowest BCUT2D eigenvalue weighted by Gasteiger charge is -2.21. The van der Waals surface area contributed by atoms with E-state index in [-0.39, 0.29) is 0 Å². The van der Waals surface area contributed by atoms with E-state index in [4.69, 9.17) is 9.47 Å². The van der Waals surface area contributed by atoms with Crippen molar-refractivity contribution in [3.05, 3.63) is 0 Å². The molecule has 0 unspecified atom stereocenters. The van der Waals surface area contributed by atoms with Crippen LogP contribution in [0, 0.1) is 0 Å². The highest BCUT2D eigenvalue weighted by atomic mass is 32.2. The van der Waals surface area contributed by atoms with Gasteiger partial charge in [-0.2, -0.15) is 0 Å². The number of ether oxygens (including phenoxy) is 2. The summed E-state index contributed by atoms with van der Waals surface area (Å²) in [5.41, 5.74) is -1.60. The topological polar surface area (TPSA) is 123 Å². The van der Waals surface area contributed by atoms with Crippen LogP contribution in [0.3, 0.4) is 0 Å². The molecule has 0 aliphatic rings. The number of nitrogens with one attached hydrogen (secondary N) is 2. The zero-order valence-corrected chi connectivity index (χ0v) is 14.6. The summed E-state index contributed by atoms with van der Waals surface area (Å²) >= 11 is 0. The van der Waals surface area contributed by atoms with Gasteiger partial charge in [-0.3, -0.25) is 10.6 Å². The molecule has 0 radical (unpaired) electrons. The molecule has 9 nitrogen and oxygen atoms in total. The predicted molar refractivity (Wildman–Crippen MR) is 81.0 cm³/mol. The van der Waals surface area contributed by atoms with E-state index in [1.165, 1.54) is 0 Å². The zero-order valence-electron chi connectivity index (χ0n) is 13.8. The van der Waals surface area contributed by atoms with Crippen LogP contribution in [0.2, 0.25) is 0 Å². The Labute approximate surface area is 130 Å². The second-order valence-electron chi connectivity index (χ2n) is 6.43. The van der Waals surface area contributed by atoms with Crippen molar-refractivity contribution >= 4 is 28.2 Å². The van der Waals surface area contributed by atoms with E-state index in [2.05, 4.69) is 4.40 Å². The largest absolute Gasteiger partial charge is 0.444 e. The molecule has 0 rings (SSSR count). The van der Waals surface area contributed by atoms with Gasteiger partial charge < -0.3 is 9.47 Å². The number of sulfonamides is 1. The quantitative estimate of drug-likeness (QED) is 0.550. The molecule has 0 fully saturated rings. The summed E-state index contributed by atoms with van der Waals surface area (Å²) in [4.78, 5) is 23.2. The minimum Gasteiger partial charge on any atom is -0.444 e. The number of guanidine groups is 1. The first-order valence-corrected chi connectivity index (χ1v) is 8.22. The fourth-order valence-electron chi connectivity index (χ4n) is 1.04. The summed E-state index contributed by atoms with van der Waals surface area (Å²) in [6.45, 7) is 9.76. The number of alkyl carbamates (subject to hydrolysis) is 2. The molecule has 2 amide bonds. The maximum absolute atomic E-state index is 11.6. The van der Waals surface area contributed by atoms with Gasteiger partial charge in [0.1, 0.15) is 11.2 Å². The maximum Gasteiger partial charge on any atom is 0.414 e. The van der Waals surface area contributed by atoms with Crippen molar-refractivity contribution in [2.75, 3.05) is 6.26 Å². The Morgan fingerprint density at radius 2 is 1.18 bits per heavy atom. The third-order valence-electron chi connectivity index (χ3n) is 1.50. The Bertz CT molecular complexity index is 522. The fraction of sp³-hybridized carbons (Fsp3) is 0.750. The highest BCUT2D eigenvalue weighted by molar-refractivity contribution is 7.89. The monoisotopic (exact) mass is 337 g/mol. The summed E-state index contributed by atoms with van der Waals surface area (Å²) in [7, 11) is -3.85. The number of hydrogen-bond donors (Lipinski definition) is 2. The Morgan fingerprint density at radius 1 is 0.864 bits per heavy atom. The molecule has 2 N–H and O–H groups in total. The van der Waals surface area contributed by atoms with E-state index in [0.29, 0.717) is 0 Å². The molecular weight excluding hydrogens is 314 g/mol. The molecule has 22 heavy (non-hydrogen) atoms. The smallest absolute Gasteiger partial charge is 0.414 e. The lowest BCUT2D eigenvalue weighted by Crippen LogP contribution is -2.47. The molecule has 0 bridgehead atoms. The van der Waals surface area contributed by atoms with E-state index in [1.54, 1.807) is 41.5 Å². The van der Waals surface area contributed by atoms with Crippen LogP contribution in [0.5, 0.6) is 0 Å². The Hall–Kier alpha value is -1.84. The van der Waals surface area contributed by atoms with Crippen LogP contribution in [-0.2, 0) is 19.5 Å². The van der Waals surface area contributed by atoms with Crippen molar-refractivity contribution in [3.63, 3.8) is 0 Å². The Balaban J connectivity index is 5.06. The minimum atomic E-state index is -3.85. The first kappa shape index (κ1) is 20.2. The molecule has 0 spiro atoms. The molecule has 0 aromatic carbocycles. The highest BCUT2D eigenvalue weighted by Crippen LogP contribution is 2.07. The number of nitrogens with zero attached hydrogens (tertiary/aromatic N) is 1. The molecule has 0 saturated carbocycles. The molecular formula is C12H23N3O6S. The number of rotatable bonds is 1. The summed E-state index contributed by atoms with van der Waals surface area (Å²) in [5.74, 6) is -0.606. The lowest BCUT2D eigenvalue weighted by molar-refractivity contribution is 0.0545. The van der Waals surface area contributed by atoms with Gasteiger partial charge in [-0.25, -0.2) is 18.0 Å². The van der Waals surface area contributed by atoms with Crippen molar-refractivity contribution in [1.82, 2.24) is 10.6 Å². The summed E-state index contributed by atoms with van der Waals surface area (Å²) < 4.78 is 35.5. The average molecular weight is 337 g/mol. The van der Waals surface area contributed by atoms with Crippen LogP contribution >= 0.6 is 0 Å². The molecule has 10 heteroatoms. The summed E-state index contributed by atoms with van der Waals surface area (Å²) in [6, 6.07) is 0. The molecule has 0 aromatic heterocycles. The van der Waals surface area contributed by atoms with Crippen molar-refractivity contribution in [3.8, 4) is 0 Å². The molecule has 0 aromatic rings. The first-order valence-electron chi connectivity index (χ1n) is 6.37. The van der Waals surface area contributed by atoms with Crippen LogP contribution in [0.1, 0.15) is 41.5 Å². The van der Waals surface area contributed by atoms with Crippen LogP contribution in [0.4, 0.5) is 9.59 Å². The van der Waals surface area contributed by atoms with E-state index in [9.17, 15) is 18.0 Å². The van der Waals surface area contributed by atoms with Gasteiger partial charge in [0.05, 0.1) is 6.26 Å². The van der Waals surface area contributed by atoms with E-state index >= 15 is 0 Å². The number of carbonyl (C=O) groups excluding carboxylic acids is 2. The second kappa shape index (κ2) is 6.95. The van der Waals surface area contributed by atoms with Crippen LogP contribution < -0.4 is 10.6 Å². The van der Waals surface area contributed by atoms with Crippen molar-refractivity contribution in [1.29, 1.82) is 0 Å². The first-order chi connectivity index (χ1) is 9.57. The van der Waals surface area contributed by atoms with E-state index in [1.807, 2.05) is 10.6 Å². The SMILES string of the molecule is CC(C)(C)OC(=O)NC(=NS(C)(=O)=O)NC(=O)OC(C)(C)C. The van der Waals surface area contributed by atoms with Crippen LogP contribution in [0.15, 0.2) is 4.40 Å². The normalized spacial score (nSPS) is 12.1. The number of hydrogen-bond acceptors (Lipinski definition) is 6. The molecule has 0 atom stereocenters. The van der Waals surface area contributed by atoms with E-state index < -0.39 is 39.4 Å². The van der Waals surface area contributed by atoms with Gasteiger partial charge in [0.25, 0.3) is 10.0 Å². The summed E-state index contributed by atoms with van der Waals surface area (Å²) in [5, 5.41) is 4.09. The van der Waals surface area contributed by atoms with Crippen molar-refractivity contribution < 1.29 is 27.5 Å². The maximum atomic E-state index is 11.6. The van der Waals surface area contributed by atoms with Gasteiger partial charge in [-0.05, 0) is 41.5 Å². The Kier molecular flexibility index (Phi) is 6.37. The molecule has 0 heterocycles. The standard InChI is InChI=1S/C12H23N3O6S/c1-11(2,3)20-9(16)13-8(15-22(7,18)19)14-10(17)21-12(4,5)6/h1-7H3,(H2,13,14,15,16,17). The summed E-state index contributed by atoms with van der Waals surface area (Å²) in [6.07, 6.45) is -1.13. The average Bonchev–Trinajstić information content (AvgIpc) is 2.05. The van der Waals surface area contributed by atoms with Crippen LogP contribution in [-0.4, -0.2) is 44.0 Å². The third kappa shape index (κ3) is 11.9. The van der Waals surface area contributed by atoms with Gasteiger partial charge in [-0.1, -0.05) is 0 Å². The van der Waals surface area contributed by atoms with Gasteiger partial charge in [0.15, 0.2) is 0 Å². The predicted octanol–water partition coefficient (Wildman–Crippen LogP) is 1.35. The minimum absolute atomic E-state index is 0.606. The zero-order chi connectivity index (χ0) is 17.8. The second-order valence-corrected chi connectivity index (χ2v) is 8.08. The van der Waals surface area contributed by atoms with Gasteiger partial charge in [0.2, 0.25) is 5.96 Å². The number of amides is 2. The molecule has 0 saturated heterocycles. The fourth-order valence-corrected chi connectivity index (χ4v) is 1.47. The van der Waals surface area contributed by atoms with Crippen LogP contribution in [0.25, 0.3) is 0 Å². The Morgan fingerprint density at radius 3 is 1.41 bits per heavy atom. The van der Waals surface area contributed by atoms with E-state index in [0.717, 1.165) is 6.26 Å². The molecule has 128 valence electrons. The third-order valence-corrected chi connectivity index (χ3v) is 2.01. The van der Waals surface area contributed by atoms with Gasteiger partial charge >= 0.3 is 12.2 Å².